The van der Waals surface area contributed by atoms with Crippen LogP contribution in [-0.2, 0) is 23.8 Å². The topological polar surface area (TPSA) is 82.1 Å². The highest BCUT2D eigenvalue weighted by Gasteiger charge is 2.54. The van der Waals surface area contributed by atoms with Crippen molar-refractivity contribution in [1.82, 2.24) is 0 Å². The largest absolute Gasteiger partial charge is 0.461 e. The fourth-order valence-corrected chi connectivity index (χ4v) is 3.87. The zero-order chi connectivity index (χ0) is 18.6. The van der Waals surface area contributed by atoms with Crippen LogP contribution < -0.4 is 0 Å². The van der Waals surface area contributed by atoms with Gasteiger partial charge in [0.15, 0.2) is 5.79 Å². The molecule has 3 aliphatic rings. The average Bonchev–Trinajstić information content (AvgIpc) is 2.97. The molecule has 0 spiro atoms. The van der Waals surface area contributed by atoms with E-state index >= 15 is 0 Å². The monoisotopic (exact) mass is 350 g/mol. The minimum Gasteiger partial charge on any atom is -0.461 e. The van der Waals surface area contributed by atoms with Gasteiger partial charge in [-0.3, -0.25) is 4.79 Å². The van der Waals surface area contributed by atoms with Crippen molar-refractivity contribution in [2.75, 3.05) is 0 Å². The second-order valence-corrected chi connectivity index (χ2v) is 7.94. The van der Waals surface area contributed by atoms with Crippen molar-refractivity contribution in [2.45, 2.75) is 70.6 Å². The molecule has 3 heterocycles. The van der Waals surface area contributed by atoms with Crippen LogP contribution in [0.3, 0.4) is 0 Å². The zero-order valence-electron chi connectivity index (χ0n) is 15.2. The number of ether oxygens (including phenoxy) is 3. The van der Waals surface area contributed by atoms with Crippen LogP contribution in [0.2, 0.25) is 0 Å². The Morgan fingerprint density at radius 3 is 2.76 bits per heavy atom. The lowest BCUT2D eigenvalue weighted by atomic mass is 9.81. The summed E-state index contributed by atoms with van der Waals surface area (Å²) in [6.45, 7) is 11.0. The van der Waals surface area contributed by atoms with E-state index in [-0.39, 0.29) is 11.9 Å². The van der Waals surface area contributed by atoms with Crippen molar-refractivity contribution in [3.63, 3.8) is 0 Å². The van der Waals surface area contributed by atoms with Crippen LogP contribution >= 0.6 is 0 Å². The Hall–Kier alpha value is -1.66. The fourth-order valence-electron chi connectivity index (χ4n) is 3.87. The molecule has 6 heteroatoms. The molecule has 5 unspecified atom stereocenters. The predicted molar refractivity (Wildman–Crippen MR) is 89.3 cm³/mol. The Kier molecular flexibility index (Phi) is 4.32. The van der Waals surface area contributed by atoms with E-state index in [1.165, 1.54) is 0 Å². The molecule has 3 aliphatic heterocycles. The number of aliphatic hydroxyl groups is 1. The predicted octanol–water partition coefficient (Wildman–Crippen LogP) is 2.26. The first kappa shape index (κ1) is 18.1. The number of esters is 2. The normalized spacial score (nSPS) is 40.7. The molecule has 1 N–H and O–H groups in total. The van der Waals surface area contributed by atoms with Crippen molar-refractivity contribution in [3.8, 4) is 0 Å². The summed E-state index contributed by atoms with van der Waals surface area (Å²) >= 11 is 0. The van der Waals surface area contributed by atoms with Crippen LogP contribution in [0.1, 0.15) is 47.0 Å². The van der Waals surface area contributed by atoms with Gasteiger partial charge in [-0.1, -0.05) is 20.4 Å². The molecular formula is C19H26O6. The quantitative estimate of drug-likeness (QED) is 0.467. The third-order valence-corrected chi connectivity index (χ3v) is 5.47. The molecule has 5 atom stereocenters. The summed E-state index contributed by atoms with van der Waals surface area (Å²) in [6.07, 6.45) is 1.92. The third kappa shape index (κ3) is 3.13. The number of fused-ring (bicyclic) bond motifs is 3. The molecule has 0 aromatic rings. The van der Waals surface area contributed by atoms with Crippen molar-refractivity contribution >= 4 is 11.9 Å². The smallest absolute Gasteiger partial charge is 0.334 e. The van der Waals surface area contributed by atoms with Crippen LogP contribution in [-0.4, -0.2) is 40.6 Å². The summed E-state index contributed by atoms with van der Waals surface area (Å²) in [5.74, 6) is -2.98. The third-order valence-electron chi connectivity index (χ3n) is 5.47. The van der Waals surface area contributed by atoms with Gasteiger partial charge >= 0.3 is 11.9 Å². The van der Waals surface area contributed by atoms with E-state index in [4.69, 9.17) is 14.2 Å². The summed E-state index contributed by atoms with van der Waals surface area (Å²) in [6, 6.07) is 0. The molecule has 0 aromatic heterocycles. The standard InChI is InChI=1S/C19H26O6/c1-10(2)16(20)24-14-9-18(5)6-7-19(22,25-18)11(3)8-13-15(14)12(4)17(21)23-13/h8,10,13-15,22H,4,6-7,9H2,1-3,5H3. The Bertz CT molecular complexity index is 650. The van der Waals surface area contributed by atoms with Gasteiger partial charge in [0.2, 0.25) is 0 Å². The first-order valence-electron chi connectivity index (χ1n) is 8.76. The molecule has 0 amide bonds. The molecule has 25 heavy (non-hydrogen) atoms. The van der Waals surface area contributed by atoms with Gasteiger partial charge in [-0.15, -0.1) is 0 Å². The number of hydrogen-bond acceptors (Lipinski definition) is 6. The number of carbonyl (C=O) groups excluding carboxylic acids is 2. The molecule has 0 aliphatic carbocycles. The van der Waals surface area contributed by atoms with Crippen molar-refractivity contribution < 1.29 is 28.9 Å². The van der Waals surface area contributed by atoms with Gasteiger partial charge in [0.05, 0.1) is 17.4 Å². The van der Waals surface area contributed by atoms with Crippen LogP contribution in [0, 0.1) is 11.8 Å². The summed E-state index contributed by atoms with van der Waals surface area (Å²) < 4.78 is 17.2. The van der Waals surface area contributed by atoms with E-state index in [0.29, 0.717) is 30.4 Å². The molecule has 0 aromatic carbocycles. The lowest BCUT2D eigenvalue weighted by Crippen LogP contribution is -2.40. The van der Waals surface area contributed by atoms with E-state index in [1.54, 1.807) is 26.8 Å². The Balaban J connectivity index is 2.03. The molecule has 6 nitrogen and oxygen atoms in total. The highest BCUT2D eigenvalue weighted by molar-refractivity contribution is 5.91. The van der Waals surface area contributed by atoms with Crippen LogP contribution in [0.4, 0.5) is 0 Å². The van der Waals surface area contributed by atoms with Crippen LogP contribution in [0.25, 0.3) is 0 Å². The molecule has 2 fully saturated rings. The minimum atomic E-state index is -1.38. The molecular weight excluding hydrogens is 324 g/mol. The van der Waals surface area contributed by atoms with Crippen LogP contribution in [0.5, 0.6) is 0 Å². The number of hydrogen-bond donors (Lipinski definition) is 1. The van der Waals surface area contributed by atoms with Crippen LogP contribution in [0.15, 0.2) is 23.8 Å². The van der Waals surface area contributed by atoms with E-state index in [9.17, 15) is 14.7 Å². The fraction of sp³-hybridized carbons (Fsp3) is 0.684. The molecule has 2 bridgehead atoms. The van der Waals surface area contributed by atoms with E-state index in [0.717, 1.165) is 0 Å². The first-order valence-corrected chi connectivity index (χ1v) is 8.76. The molecule has 0 saturated carbocycles. The Morgan fingerprint density at radius 2 is 2.12 bits per heavy atom. The maximum absolute atomic E-state index is 12.2. The summed E-state index contributed by atoms with van der Waals surface area (Å²) in [4.78, 5) is 24.3. The van der Waals surface area contributed by atoms with Crippen molar-refractivity contribution in [1.29, 1.82) is 0 Å². The van der Waals surface area contributed by atoms with Gasteiger partial charge in [0, 0.05) is 18.4 Å². The van der Waals surface area contributed by atoms with Crippen molar-refractivity contribution in [2.24, 2.45) is 11.8 Å². The second kappa shape index (κ2) is 5.95. The van der Waals surface area contributed by atoms with E-state index in [1.807, 2.05) is 6.92 Å². The molecule has 138 valence electrons. The van der Waals surface area contributed by atoms with E-state index in [2.05, 4.69) is 6.58 Å². The highest BCUT2D eigenvalue weighted by Crippen LogP contribution is 2.47. The minimum absolute atomic E-state index is 0.288. The summed E-state index contributed by atoms with van der Waals surface area (Å²) in [7, 11) is 0. The molecule has 0 radical (unpaired) electrons. The molecule has 3 rings (SSSR count). The SMILES string of the molecule is C=C1C(=O)OC2C=C(C)C3(O)CCC(C)(CC(OC(=O)C(C)C)C12)O3. The lowest BCUT2D eigenvalue weighted by molar-refractivity contribution is -0.203. The summed E-state index contributed by atoms with van der Waals surface area (Å²) in [5.41, 5.74) is 0.237. The van der Waals surface area contributed by atoms with E-state index < -0.39 is 35.5 Å². The zero-order valence-corrected chi connectivity index (χ0v) is 15.2. The van der Waals surface area contributed by atoms with Gasteiger partial charge in [-0.25, -0.2) is 4.79 Å². The molecule has 2 saturated heterocycles. The Morgan fingerprint density at radius 1 is 1.44 bits per heavy atom. The van der Waals surface area contributed by atoms with Gasteiger partial charge in [-0.2, -0.15) is 0 Å². The van der Waals surface area contributed by atoms with Crippen molar-refractivity contribution in [3.05, 3.63) is 23.8 Å². The van der Waals surface area contributed by atoms with Gasteiger partial charge in [-0.05, 0) is 31.9 Å². The van der Waals surface area contributed by atoms with Gasteiger partial charge < -0.3 is 19.3 Å². The Labute approximate surface area is 147 Å². The van der Waals surface area contributed by atoms with Gasteiger partial charge in [0.1, 0.15) is 12.2 Å². The number of carbonyl (C=O) groups is 2. The summed E-state index contributed by atoms with van der Waals surface area (Å²) in [5, 5.41) is 10.8. The first-order chi connectivity index (χ1) is 11.5. The van der Waals surface area contributed by atoms with Gasteiger partial charge in [0.25, 0.3) is 0 Å². The maximum atomic E-state index is 12.2. The highest BCUT2D eigenvalue weighted by atomic mass is 16.6. The second-order valence-electron chi connectivity index (χ2n) is 7.94. The number of rotatable bonds is 2. The maximum Gasteiger partial charge on any atom is 0.334 e. The lowest BCUT2D eigenvalue weighted by Gasteiger charge is -2.33. The average molecular weight is 350 g/mol.